The topological polar surface area (TPSA) is 32.7 Å². The number of rotatable bonds is 6. The summed E-state index contributed by atoms with van der Waals surface area (Å²) in [7, 11) is 3.73. The molecule has 2 rings (SSSR count). The van der Waals surface area contributed by atoms with Crippen LogP contribution in [0.1, 0.15) is 18.4 Å². The van der Waals surface area contributed by atoms with Crippen molar-refractivity contribution >= 4 is 0 Å². The minimum atomic E-state index is -0.161. The van der Waals surface area contributed by atoms with Gasteiger partial charge in [0.25, 0.3) is 0 Å². The molecule has 1 unspecified atom stereocenters. The zero-order valence-corrected chi connectivity index (χ0v) is 10.6. The molecule has 3 nitrogen and oxygen atoms in total. The fourth-order valence-electron chi connectivity index (χ4n) is 2.10. The normalized spacial score (nSPS) is 17.2. The Kier molecular flexibility index (Phi) is 4.02. The van der Waals surface area contributed by atoms with Gasteiger partial charge in [0, 0.05) is 13.1 Å². The summed E-state index contributed by atoms with van der Waals surface area (Å²) in [5.41, 5.74) is 1.22. The highest BCUT2D eigenvalue weighted by Crippen LogP contribution is 2.32. The van der Waals surface area contributed by atoms with Gasteiger partial charge in [-0.1, -0.05) is 12.1 Å². The first-order valence-corrected chi connectivity index (χ1v) is 6.18. The lowest BCUT2D eigenvalue weighted by Crippen LogP contribution is -2.30. The van der Waals surface area contributed by atoms with Crippen molar-refractivity contribution in [2.45, 2.75) is 25.5 Å². The van der Waals surface area contributed by atoms with E-state index in [1.807, 2.05) is 25.2 Å². The molecule has 3 heteroatoms. The Bertz CT molecular complexity index is 363. The molecule has 0 spiro atoms. The van der Waals surface area contributed by atoms with E-state index in [4.69, 9.17) is 4.74 Å². The van der Waals surface area contributed by atoms with Crippen molar-refractivity contribution in [2.75, 3.05) is 20.7 Å². The van der Waals surface area contributed by atoms with Crippen molar-refractivity contribution in [1.82, 2.24) is 4.90 Å². The number of ether oxygens (including phenoxy) is 1. The van der Waals surface area contributed by atoms with Crippen LogP contribution in [0.15, 0.2) is 24.3 Å². The first kappa shape index (κ1) is 12.4. The van der Waals surface area contributed by atoms with Crippen molar-refractivity contribution in [3.63, 3.8) is 0 Å². The number of aliphatic hydroxyl groups is 1. The molecule has 1 aromatic rings. The summed E-state index contributed by atoms with van der Waals surface area (Å²) in [5, 5.41) is 9.87. The maximum Gasteiger partial charge on any atom is 0.119 e. The van der Waals surface area contributed by atoms with Gasteiger partial charge in [-0.05, 0) is 43.5 Å². The second-order valence-electron chi connectivity index (χ2n) is 4.95. The third-order valence-electron chi connectivity index (χ3n) is 3.25. The summed E-state index contributed by atoms with van der Waals surface area (Å²) >= 11 is 0. The summed E-state index contributed by atoms with van der Waals surface area (Å²) in [5.74, 6) is 1.43. The highest BCUT2D eigenvalue weighted by Gasteiger charge is 2.30. The second kappa shape index (κ2) is 5.52. The lowest BCUT2D eigenvalue weighted by atomic mass is 10.2. The molecule has 0 aliphatic heterocycles. The van der Waals surface area contributed by atoms with Crippen LogP contribution in [0, 0.1) is 5.92 Å². The largest absolute Gasteiger partial charge is 0.497 e. The molecule has 1 aliphatic rings. The van der Waals surface area contributed by atoms with E-state index in [-0.39, 0.29) is 6.10 Å². The Morgan fingerprint density at radius 3 is 2.88 bits per heavy atom. The molecule has 1 saturated carbocycles. The maximum absolute atomic E-state index is 9.87. The van der Waals surface area contributed by atoms with E-state index >= 15 is 0 Å². The van der Waals surface area contributed by atoms with Gasteiger partial charge < -0.3 is 9.84 Å². The average molecular weight is 235 g/mol. The van der Waals surface area contributed by atoms with Crippen LogP contribution in [0.25, 0.3) is 0 Å². The van der Waals surface area contributed by atoms with Crippen molar-refractivity contribution in [3.05, 3.63) is 29.8 Å². The number of aliphatic hydroxyl groups excluding tert-OH is 1. The van der Waals surface area contributed by atoms with E-state index in [1.54, 1.807) is 7.11 Å². The van der Waals surface area contributed by atoms with Gasteiger partial charge in [-0.15, -0.1) is 0 Å². The molecule has 1 fully saturated rings. The average Bonchev–Trinajstić information content (AvgIpc) is 3.12. The van der Waals surface area contributed by atoms with Gasteiger partial charge in [-0.3, -0.25) is 4.90 Å². The smallest absolute Gasteiger partial charge is 0.119 e. The van der Waals surface area contributed by atoms with Crippen LogP contribution in [-0.2, 0) is 6.54 Å². The van der Waals surface area contributed by atoms with E-state index in [0.717, 1.165) is 18.8 Å². The fourth-order valence-corrected chi connectivity index (χ4v) is 2.10. The van der Waals surface area contributed by atoms with Crippen molar-refractivity contribution in [1.29, 1.82) is 0 Å². The van der Waals surface area contributed by atoms with E-state index in [2.05, 4.69) is 11.0 Å². The Labute approximate surface area is 103 Å². The fraction of sp³-hybridized carbons (Fsp3) is 0.571. The van der Waals surface area contributed by atoms with Crippen molar-refractivity contribution in [2.24, 2.45) is 5.92 Å². The Hall–Kier alpha value is -1.06. The Balaban J connectivity index is 1.85. The first-order chi connectivity index (χ1) is 8.19. The Morgan fingerprint density at radius 2 is 2.24 bits per heavy atom. The molecule has 0 bridgehead atoms. The summed E-state index contributed by atoms with van der Waals surface area (Å²) < 4.78 is 5.20. The molecular formula is C14H21NO2. The second-order valence-corrected chi connectivity index (χ2v) is 4.95. The van der Waals surface area contributed by atoms with Crippen molar-refractivity contribution < 1.29 is 9.84 Å². The number of nitrogens with zero attached hydrogens (tertiary/aromatic N) is 1. The number of hydrogen-bond donors (Lipinski definition) is 1. The summed E-state index contributed by atoms with van der Waals surface area (Å²) in [6.07, 6.45) is 2.22. The van der Waals surface area contributed by atoms with E-state index < -0.39 is 0 Å². The molecule has 1 N–H and O–H groups in total. The summed E-state index contributed by atoms with van der Waals surface area (Å²) in [4.78, 5) is 2.16. The number of benzene rings is 1. The lowest BCUT2D eigenvalue weighted by Gasteiger charge is -2.20. The molecule has 0 aromatic heterocycles. The highest BCUT2D eigenvalue weighted by atomic mass is 16.5. The molecule has 1 atom stereocenters. The molecule has 1 aromatic carbocycles. The molecule has 94 valence electrons. The number of likely N-dealkylation sites (N-methyl/N-ethyl adjacent to an activating group) is 1. The Morgan fingerprint density at radius 1 is 1.47 bits per heavy atom. The zero-order valence-electron chi connectivity index (χ0n) is 10.6. The van der Waals surface area contributed by atoms with Gasteiger partial charge in [0.15, 0.2) is 0 Å². The predicted octanol–water partition coefficient (Wildman–Crippen LogP) is 1.90. The van der Waals surface area contributed by atoms with Crippen LogP contribution >= 0.6 is 0 Å². The highest BCUT2D eigenvalue weighted by molar-refractivity contribution is 5.28. The molecule has 1 aliphatic carbocycles. The van der Waals surface area contributed by atoms with Crippen LogP contribution < -0.4 is 4.74 Å². The van der Waals surface area contributed by atoms with Crippen LogP contribution in [0.5, 0.6) is 5.75 Å². The van der Waals surface area contributed by atoms with Crippen LogP contribution in [0.2, 0.25) is 0 Å². The van der Waals surface area contributed by atoms with E-state index in [9.17, 15) is 5.11 Å². The lowest BCUT2D eigenvalue weighted by molar-refractivity contribution is 0.104. The molecule has 0 amide bonds. The maximum atomic E-state index is 9.87. The first-order valence-electron chi connectivity index (χ1n) is 6.18. The van der Waals surface area contributed by atoms with Crippen molar-refractivity contribution in [3.8, 4) is 5.75 Å². The zero-order chi connectivity index (χ0) is 12.3. The third-order valence-corrected chi connectivity index (χ3v) is 3.25. The van der Waals surface area contributed by atoms with Crippen LogP contribution in [0.3, 0.4) is 0 Å². The minimum Gasteiger partial charge on any atom is -0.497 e. The standard InChI is InChI=1S/C14H21NO2/c1-15(10-14(16)12-6-7-12)9-11-4-3-5-13(8-11)17-2/h3-5,8,12,14,16H,6-7,9-10H2,1-2H3. The summed E-state index contributed by atoms with van der Waals surface area (Å²) in [6.45, 7) is 1.60. The van der Waals surface area contributed by atoms with Gasteiger partial charge in [0.2, 0.25) is 0 Å². The number of hydrogen-bond acceptors (Lipinski definition) is 3. The van der Waals surface area contributed by atoms with Gasteiger partial charge in [0.05, 0.1) is 13.2 Å². The predicted molar refractivity (Wildman–Crippen MR) is 68.1 cm³/mol. The van der Waals surface area contributed by atoms with E-state index in [1.165, 1.54) is 18.4 Å². The summed E-state index contributed by atoms with van der Waals surface area (Å²) in [6, 6.07) is 8.07. The number of methoxy groups -OCH3 is 1. The third kappa shape index (κ3) is 3.72. The quantitative estimate of drug-likeness (QED) is 0.817. The molecular weight excluding hydrogens is 214 g/mol. The van der Waals surface area contributed by atoms with Crippen LogP contribution in [0.4, 0.5) is 0 Å². The minimum absolute atomic E-state index is 0.161. The van der Waals surface area contributed by atoms with Crippen LogP contribution in [-0.4, -0.2) is 36.8 Å². The van der Waals surface area contributed by atoms with E-state index in [0.29, 0.717) is 5.92 Å². The molecule has 0 saturated heterocycles. The van der Waals surface area contributed by atoms with Gasteiger partial charge >= 0.3 is 0 Å². The van der Waals surface area contributed by atoms with Gasteiger partial charge in [0.1, 0.15) is 5.75 Å². The van der Waals surface area contributed by atoms with Gasteiger partial charge in [-0.2, -0.15) is 0 Å². The molecule has 17 heavy (non-hydrogen) atoms. The SMILES string of the molecule is COc1cccc(CN(C)CC(O)C2CC2)c1. The molecule has 0 heterocycles. The van der Waals surface area contributed by atoms with Gasteiger partial charge in [-0.25, -0.2) is 0 Å². The monoisotopic (exact) mass is 235 g/mol. The molecule has 0 radical (unpaired) electrons.